The quantitative estimate of drug-likeness (QED) is 0.473. The van der Waals surface area contributed by atoms with Crippen molar-refractivity contribution in [3.05, 3.63) is 40.1 Å². The fraction of sp³-hybridized carbons (Fsp3) is 0.250. The minimum atomic E-state index is -0.426. The Balaban J connectivity index is 2.62. The van der Waals surface area contributed by atoms with Crippen LogP contribution in [0.2, 0.25) is 0 Å². The first-order chi connectivity index (χ1) is 8.54. The largest absolute Gasteiger partial charge is 0.468 e. The van der Waals surface area contributed by atoms with Gasteiger partial charge < -0.3 is 9.30 Å². The average Bonchev–Trinajstić information content (AvgIpc) is 2.65. The summed E-state index contributed by atoms with van der Waals surface area (Å²) in [6.45, 7) is 1.85. The van der Waals surface area contributed by atoms with Crippen molar-refractivity contribution in [3.8, 4) is 0 Å². The van der Waals surface area contributed by atoms with Crippen LogP contribution in [0.15, 0.2) is 24.3 Å². The van der Waals surface area contributed by atoms with Crippen LogP contribution in [-0.2, 0) is 16.1 Å². The maximum Gasteiger partial charge on any atom is 0.325 e. The van der Waals surface area contributed by atoms with Crippen molar-refractivity contribution in [1.82, 2.24) is 4.57 Å². The Hall–Kier alpha value is -2.37. The Kier molecular flexibility index (Phi) is 3.01. The molecule has 0 fully saturated rings. The van der Waals surface area contributed by atoms with Gasteiger partial charge in [0.05, 0.1) is 22.9 Å². The Morgan fingerprint density at radius 1 is 1.50 bits per heavy atom. The first kappa shape index (κ1) is 12.1. The van der Waals surface area contributed by atoms with Gasteiger partial charge >= 0.3 is 5.97 Å². The van der Waals surface area contributed by atoms with Crippen LogP contribution in [0, 0.1) is 17.0 Å². The molecule has 1 aromatic heterocycles. The van der Waals surface area contributed by atoms with E-state index in [1.165, 1.54) is 13.2 Å². The normalized spacial score (nSPS) is 10.6. The van der Waals surface area contributed by atoms with E-state index in [1.807, 2.05) is 0 Å². The van der Waals surface area contributed by atoms with Gasteiger partial charge in [0.15, 0.2) is 0 Å². The van der Waals surface area contributed by atoms with Crippen molar-refractivity contribution >= 4 is 22.6 Å². The number of fused-ring (bicyclic) bond motifs is 1. The third kappa shape index (κ3) is 1.92. The van der Waals surface area contributed by atoms with Gasteiger partial charge in [0.1, 0.15) is 6.54 Å². The zero-order valence-electron chi connectivity index (χ0n) is 10.0. The molecular formula is C12H12N2O4. The number of nitrogens with zero attached hydrogens (tertiary/aromatic N) is 2. The molecule has 1 heterocycles. The molecule has 0 aliphatic carbocycles. The lowest BCUT2D eigenvalue weighted by Gasteiger charge is -2.06. The predicted molar refractivity (Wildman–Crippen MR) is 65.3 cm³/mol. The number of aryl methyl sites for hydroxylation is 1. The summed E-state index contributed by atoms with van der Waals surface area (Å²) in [5, 5.41) is 11.4. The van der Waals surface area contributed by atoms with Gasteiger partial charge in [0.25, 0.3) is 5.69 Å². The third-order valence-electron chi connectivity index (χ3n) is 2.84. The second-order valence-electron chi connectivity index (χ2n) is 3.92. The second kappa shape index (κ2) is 4.48. The molecule has 0 aliphatic heterocycles. The van der Waals surface area contributed by atoms with Crippen LogP contribution in [0.4, 0.5) is 5.69 Å². The maximum absolute atomic E-state index is 11.3. The van der Waals surface area contributed by atoms with Gasteiger partial charge in [-0.1, -0.05) is 6.07 Å². The molecule has 0 radical (unpaired) electrons. The van der Waals surface area contributed by atoms with Crippen LogP contribution in [0.1, 0.15) is 5.69 Å². The molecule has 2 aromatic rings. The van der Waals surface area contributed by atoms with Gasteiger partial charge in [-0.2, -0.15) is 0 Å². The summed E-state index contributed by atoms with van der Waals surface area (Å²) in [5.41, 5.74) is 1.48. The maximum atomic E-state index is 11.3. The van der Waals surface area contributed by atoms with E-state index < -0.39 is 4.92 Å². The van der Waals surface area contributed by atoms with Crippen molar-refractivity contribution in [2.24, 2.45) is 0 Å². The molecule has 0 unspecified atom stereocenters. The van der Waals surface area contributed by atoms with Crippen LogP contribution < -0.4 is 0 Å². The number of aromatic nitrogens is 1. The molecule has 0 aliphatic rings. The van der Waals surface area contributed by atoms with E-state index in [0.29, 0.717) is 10.9 Å². The lowest BCUT2D eigenvalue weighted by atomic mass is 10.2. The van der Waals surface area contributed by atoms with Gasteiger partial charge in [-0.3, -0.25) is 14.9 Å². The van der Waals surface area contributed by atoms with Gasteiger partial charge in [-0.05, 0) is 19.1 Å². The van der Waals surface area contributed by atoms with Crippen LogP contribution >= 0.6 is 0 Å². The molecule has 2 rings (SSSR count). The van der Waals surface area contributed by atoms with Crippen LogP contribution in [-0.4, -0.2) is 22.6 Å². The summed E-state index contributed by atoms with van der Waals surface area (Å²) in [7, 11) is 1.31. The number of non-ortho nitro benzene ring substituents is 1. The number of carbonyl (C=O) groups is 1. The molecule has 0 saturated heterocycles. The predicted octanol–water partition coefficient (Wildman–Crippen LogP) is 2.03. The number of benzene rings is 1. The van der Waals surface area contributed by atoms with Gasteiger partial charge in [0.2, 0.25) is 0 Å². The van der Waals surface area contributed by atoms with Crippen molar-refractivity contribution in [1.29, 1.82) is 0 Å². The molecule has 0 saturated carbocycles. The number of nitro benzene ring substituents is 1. The van der Waals surface area contributed by atoms with Crippen LogP contribution in [0.25, 0.3) is 10.9 Å². The molecule has 18 heavy (non-hydrogen) atoms. The molecule has 0 bridgehead atoms. The molecule has 0 amide bonds. The first-order valence-corrected chi connectivity index (χ1v) is 5.34. The molecule has 6 heteroatoms. The molecule has 0 atom stereocenters. The highest BCUT2D eigenvalue weighted by atomic mass is 16.6. The number of carbonyl (C=O) groups excluding carboxylic acids is 1. The van der Waals surface area contributed by atoms with E-state index in [9.17, 15) is 14.9 Å². The molecule has 0 N–H and O–H groups in total. The number of ether oxygens (including phenoxy) is 1. The number of methoxy groups -OCH3 is 1. The van der Waals surface area contributed by atoms with Crippen LogP contribution in [0.5, 0.6) is 0 Å². The highest BCUT2D eigenvalue weighted by Crippen LogP contribution is 2.28. The minimum Gasteiger partial charge on any atom is -0.468 e. The smallest absolute Gasteiger partial charge is 0.325 e. The summed E-state index contributed by atoms with van der Waals surface area (Å²) >= 11 is 0. The Morgan fingerprint density at radius 2 is 2.22 bits per heavy atom. The van der Waals surface area contributed by atoms with E-state index in [-0.39, 0.29) is 18.2 Å². The summed E-state index contributed by atoms with van der Waals surface area (Å²) in [6.07, 6.45) is 0. The van der Waals surface area contributed by atoms with Crippen molar-refractivity contribution in [3.63, 3.8) is 0 Å². The molecule has 1 aromatic carbocycles. The zero-order valence-corrected chi connectivity index (χ0v) is 10.0. The van der Waals surface area contributed by atoms with Crippen molar-refractivity contribution in [2.45, 2.75) is 13.5 Å². The van der Waals surface area contributed by atoms with Crippen molar-refractivity contribution < 1.29 is 14.5 Å². The van der Waals surface area contributed by atoms with E-state index in [0.717, 1.165) is 5.69 Å². The fourth-order valence-corrected chi connectivity index (χ4v) is 1.96. The third-order valence-corrected chi connectivity index (χ3v) is 2.84. The number of nitro groups is 1. The molecular weight excluding hydrogens is 236 g/mol. The second-order valence-corrected chi connectivity index (χ2v) is 3.92. The Labute approximate surface area is 103 Å². The standard InChI is InChI=1S/C12H12N2O4/c1-8-6-9-10(13(8)7-12(15)18-2)4-3-5-11(9)14(16)17/h3-6H,7H2,1-2H3. The first-order valence-electron chi connectivity index (χ1n) is 5.34. The highest BCUT2D eigenvalue weighted by molar-refractivity contribution is 5.90. The molecule has 94 valence electrons. The van der Waals surface area contributed by atoms with Gasteiger partial charge in [-0.25, -0.2) is 0 Å². The van der Waals surface area contributed by atoms with Gasteiger partial charge in [0, 0.05) is 11.8 Å². The van der Waals surface area contributed by atoms with E-state index >= 15 is 0 Å². The van der Waals surface area contributed by atoms with Gasteiger partial charge in [-0.15, -0.1) is 0 Å². The topological polar surface area (TPSA) is 74.4 Å². The number of esters is 1. The summed E-state index contributed by atoms with van der Waals surface area (Å²) in [6, 6.07) is 6.51. The van der Waals surface area contributed by atoms with E-state index in [4.69, 9.17) is 0 Å². The van der Waals surface area contributed by atoms with E-state index in [2.05, 4.69) is 4.74 Å². The fourth-order valence-electron chi connectivity index (χ4n) is 1.96. The average molecular weight is 248 g/mol. The van der Waals surface area contributed by atoms with Crippen molar-refractivity contribution in [2.75, 3.05) is 7.11 Å². The molecule has 6 nitrogen and oxygen atoms in total. The molecule has 0 spiro atoms. The summed E-state index contributed by atoms with van der Waals surface area (Å²) in [4.78, 5) is 21.8. The lowest BCUT2D eigenvalue weighted by molar-refractivity contribution is -0.383. The monoisotopic (exact) mass is 248 g/mol. The Morgan fingerprint density at radius 3 is 2.83 bits per heavy atom. The van der Waals surface area contributed by atoms with E-state index in [1.54, 1.807) is 29.7 Å². The summed E-state index contributed by atoms with van der Waals surface area (Å²) < 4.78 is 6.31. The Bertz CT molecular complexity index is 630. The minimum absolute atomic E-state index is 0.0409. The lowest BCUT2D eigenvalue weighted by Crippen LogP contribution is -2.12. The number of hydrogen-bond donors (Lipinski definition) is 0. The summed E-state index contributed by atoms with van der Waals surface area (Å²) in [5.74, 6) is -0.387. The highest BCUT2D eigenvalue weighted by Gasteiger charge is 2.17. The number of rotatable bonds is 3. The SMILES string of the molecule is COC(=O)Cn1c(C)cc2c([N+](=O)[O-])cccc21. The zero-order chi connectivity index (χ0) is 13.3. The number of hydrogen-bond acceptors (Lipinski definition) is 4. The van der Waals surface area contributed by atoms with Crippen LogP contribution in [0.3, 0.4) is 0 Å².